The third-order valence-corrected chi connectivity index (χ3v) is 3.18. The van der Waals surface area contributed by atoms with E-state index < -0.39 is 0 Å². The molecule has 0 bridgehead atoms. The second-order valence-electron chi connectivity index (χ2n) is 4.04. The van der Waals surface area contributed by atoms with Crippen molar-refractivity contribution in [2.45, 2.75) is 6.42 Å². The third-order valence-electron chi connectivity index (χ3n) is 2.95. The molecule has 1 aliphatic heterocycles. The summed E-state index contributed by atoms with van der Waals surface area (Å²) >= 11 is 5.86. The first-order valence-electron chi connectivity index (χ1n) is 5.20. The van der Waals surface area contributed by atoms with Gasteiger partial charge in [-0.1, -0.05) is 11.6 Å². The van der Waals surface area contributed by atoms with Crippen LogP contribution in [0.1, 0.15) is 6.42 Å². The lowest BCUT2D eigenvalue weighted by Gasteiger charge is -2.20. The number of nitrogens with two attached hydrogens (primary N) is 2. The molecule has 1 heterocycles. The van der Waals surface area contributed by atoms with E-state index in [2.05, 4.69) is 4.90 Å². The standard InChI is InChI=1S/C11H16ClN3/c12-9-1-2-11(10(14)5-9)15-4-3-8(6-13)7-15/h1-2,5,8H,3-4,6-7,13-14H2. The van der Waals surface area contributed by atoms with Gasteiger partial charge in [0.25, 0.3) is 0 Å². The maximum absolute atomic E-state index is 5.93. The summed E-state index contributed by atoms with van der Waals surface area (Å²) in [5.74, 6) is 0.597. The van der Waals surface area contributed by atoms with Crippen LogP contribution in [0.2, 0.25) is 5.02 Å². The Kier molecular flexibility index (Phi) is 3.03. The van der Waals surface area contributed by atoms with Crippen LogP contribution in [0.5, 0.6) is 0 Å². The molecule has 0 spiro atoms. The molecule has 1 aliphatic rings. The average Bonchev–Trinajstić information content (AvgIpc) is 2.66. The predicted octanol–water partition coefficient (Wildman–Crippen LogP) is 1.71. The van der Waals surface area contributed by atoms with Crippen LogP contribution in [0.15, 0.2) is 18.2 Å². The lowest BCUT2D eigenvalue weighted by atomic mass is 10.1. The summed E-state index contributed by atoms with van der Waals surface area (Å²) in [4.78, 5) is 2.28. The normalized spacial score (nSPS) is 20.9. The van der Waals surface area contributed by atoms with Crippen LogP contribution in [0, 0.1) is 5.92 Å². The van der Waals surface area contributed by atoms with Crippen molar-refractivity contribution in [1.29, 1.82) is 0 Å². The molecule has 1 fully saturated rings. The van der Waals surface area contributed by atoms with Gasteiger partial charge in [-0.05, 0) is 37.1 Å². The number of nitrogens with zero attached hydrogens (tertiary/aromatic N) is 1. The molecule has 1 unspecified atom stereocenters. The lowest BCUT2D eigenvalue weighted by Crippen LogP contribution is -2.23. The van der Waals surface area contributed by atoms with E-state index in [1.165, 1.54) is 0 Å². The van der Waals surface area contributed by atoms with E-state index in [0.29, 0.717) is 10.9 Å². The van der Waals surface area contributed by atoms with Crippen molar-refractivity contribution in [2.24, 2.45) is 11.7 Å². The molecule has 0 amide bonds. The molecular weight excluding hydrogens is 210 g/mol. The first kappa shape index (κ1) is 10.6. The summed E-state index contributed by atoms with van der Waals surface area (Å²) in [6.07, 6.45) is 1.15. The van der Waals surface area contributed by atoms with Crippen LogP contribution in [0.25, 0.3) is 0 Å². The molecule has 82 valence electrons. The van der Waals surface area contributed by atoms with Gasteiger partial charge in [-0.15, -0.1) is 0 Å². The van der Waals surface area contributed by atoms with E-state index in [1.54, 1.807) is 6.07 Å². The quantitative estimate of drug-likeness (QED) is 0.754. The monoisotopic (exact) mass is 225 g/mol. The van der Waals surface area contributed by atoms with Crippen LogP contribution in [0.3, 0.4) is 0 Å². The van der Waals surface area contributed by atoms with Crippen LogP contribution in [-0.4, -0.2) is 19.6 Å². The zero-order valence-corrected chi connectivity index (χ0v) is 9.37. The topological polar surface area (TPSA) is 55.3 Å². The molecule has 0 saturated carbocycles. The Morgan fingerprint density at radius 1 is 1.47 bits per heavy atom. The average molecular weight is 226 g/mol. The van der Waals surface area contributed by atoms with Crippen molar-refractivity contribution in [1.82, 2.24) is 0 Å². The van der Waals surface area contributed by atoms with Gasteiger partial charge in [0.05, 0.1) is 11.4 Å². The smallest absolute Gasteiger partial charge is 0.0601 e. The number of rotatable bonds is 2. The second-order valence-corrected chi connectivity index (χ2v) is 4.48. The fourth-order valence-corrected chi connectivity index (χ4v) is 2.24. The van der Waals surface area contributed by atoms with Crippen LogP contribution in [0.4, 0.5) is 11.4 Å². The summed E-state index contributed by atoms with van der Waals surface area (Å²) < 4.78 is 0. The Morgan fingerprint density at radius 3 is 2.87 bits per heavy atom. The van der Waals surface area contributed by atoms with Gasteiger partial charge in [-0.25, -0.2) is 0 Å². The summed E-state index contributed by atoms with van der Waals surface area (Å²) in [6.45, 7) is 2.79. The molecule has 1 aromatic carbocycles. The number of anilines is 2. The molecule has 3 nitrogen and oxygen atoms in total. The van der Waals surface area contributed by atoms with Crippen molar-refractivity contribution < 1.29 is 0 Å². The van der Waals surface area contributed by atoms with Gasteiger partial charge in [0.1, 0.15) is 0 Å². The van der Waals surface area contributed by atoms with E-state index in [-0.39, 0.29) is 0 Å². The molecule has 4 heteroatoms. The van der Waals surface area contributed by atoms with Gasteiger partial charge < -0.3 is 16.4 Å². The number of nitrogen functional groups attached to an aromatic ring is 1. The highest BCUT2D eigenvalue weighted by Gasteiger charge is 2.22. The maximum Gasteiger partial charge on any atom is 0.0601 e. The molecule has 1 aromatic rings. The minimum atomic E-state index is 0.597. The molecule has 0 aliphatic carbocycles. The SMILES string of the molecule is NCC1CCN(c2ccc(Cl)cc2N)C1. The zero-order chi connectivity index (χ0) is 10.8. The summed E-state index contributed by atoms with van der Waals surface area (Å²) in [7, 11) is 0. The van der Waals surface area contributed by atoms with Gasteiger partial charge >= 0.3 is 0 Å². The van der Waals surface area contributed by atoms with Crippen molar-refractivity contribution in [3.63, 3.8) is 0 Å². The van der Waals surface area contributed by atoms with Crippen molar-refractivity contribution in [2.75, 3.05) is 30.3 Å². The van der Waals surface area contributed by atoms with Gasteiger partial charge in [-0.2, -0.15) is 0 Å². The highest BCUT2D eigenvalue weighted by molar-refractivity contribution is 6.31. The van der Waals surface area contributed by atoms with E-state index in [9.17, 15) is 0 Å². The molecule has 0 aromatic heterocycles. The van der Waals surface area contributed by atoms with Crippen LogP contribution in [-0.2, 0) is 0 Å². The number of hydrogen-bond acceptors (Lipinski definition) is 3. The molecule has 0 radical (unpaired) electrons. The molecule has 2 rings (SSSR count). The predicted molar refractivity (Wildman–Crippen MR) is 65.2 cm³/mol. The minimum absolute atomic E-state index is 0.597. The minimum Gasteiger partial charge on any atom is -0.397 e. The summed E-state index contributed by atoms with van der Waals surface area (Å²) in [5, 5.41) is 0.686. The Bertz CT molecular complexity index is 354. The van der Waals surface area contributed by atoms with Crippen LogP contribution >= 0.6 is 11.6 Å². The fourth-order valence-electron chi connectivity index (χ4n) is 2.06. The zero-order valence-electron chi connectivity index (χ0n) is 8.62. The Morgan fingerprint density at radius 2 is 2.27 bits per heavy atom. The third kappa shape index (κ3) is 2.19. The molecule has 1 atom stereocenters. The highest BCUT2D eigenvalue weighted by Crippen LogP contribution is 2.30. The molecule has 15 heavy (non-hydrogen) atoms. The largest absolute Gasteiger partial charge is 0.397 e. The van der Waals surface area contributed by atoms with Crippen molar-refractivity contribution in [3.8, 4) is 0 Å². The Hall–Kier alpha value is -0.930. The Balaban J connectivity index is 2.17. The molecule has 1 saturated heterocycles. The second kappa shape index (κ2) is 4.29. The molecule has 4 N–H and O–H groups in total. The lowest BCUT2D eigenvalue weighted by molar-refractivity contribution is 0.603. The van der Waals surface area contributed by atoms with Gasteiger partial charge in [0.2, 0.25) is 0 Å². The van der Waals surface area contributed by atoms with Crippen LogP contribution < -0.4 is 16.4 Å². The van der Waals surface area contributed by atoms with E-state index in [0.717, 1.165) is 37.4 Å². The first-order chi connectivity index (χ1) is 7.20. The summed E-state index contributed by atoms with van der Waals surface area (Å²) in [5.41, 5.74) is 13.4. The first-order valence-corrected chi connectivity index (χ1v) is 5.58. The van der Waals surface area contributed by atoms with Crippen molar-refractivity contribution >= 4 is 23.0 Å². The number of halogens is 1. The van der Waals surface area contributed by atoms with E-state index in [1.807, 2.05) is 12.1 Å². The van der Waals surface area contributed by atoms with Gasteiger partial charge in [-0.3, -0.25) is 0 Å². The number of hydrogen-bond donors (Lipinski definition) is 2. The number of benzene rings is 1. The van der Waals surface area contributed by atoms with Gasteiger partial charge in [0, 0.05) is 18.1 Å². The van der Waals surface area contributed by atoms with E-state index in [4.69, 9.17) is 23.1 Å². The fraction of sp³-hybridized carbons (Fsp3) is 0.455. The molecular formula is C11H16ClN3. The highest BCUT2D eigenvalue weighted by atomic mass is 35.5. The van der Waals surface area contributed by atoms with Gasteiger partial charge in [0.15, 0.2) is 0 Å². The Labute approximate surface area is 95.0 Å². The van der Waals surface area contributed by atoms with Crippen molar-refractivity contribution in [3.05, 3.63) is 23.2 Å². The maximum atomic E-state index is 5.93. The summed E-state index contributed by atoms with van der Waals surface area (Å²) in [6, 6.07) is 5.66. The van der Waals surface area contributed by atoms with E-state index >= 15 is 0 Å².